The highest BCUT2D eigenvalue weighted by molar-refractivity contribution is 5.51. The van der Waals surface area contributed by atoms with Crippen LogP contribution in [0.15, 0.2) is 36.4 Å². The van der Waals surface area contributed by atoms with Crippen LogP contribution in [0.5, 0.6) is 5.75 Å². The highest BCUT2D eigenvalue weighted by Gasteiger charge is 1.94. The second kappa shape index (κ2) is 4.44. The smallest absolute Gasteiger partial charge is 0.142 e. The molecule has 2 nitrogen and oxygen atoms in total. The Kier molecular flexibility index (Phi) is 3.20. The van der Waals surface area contributed by atoms with E-state index in [1.807, 2.05) is 43.3 Å². The van der Waals surface area contributed by atoms with Crippen LogP contribution in [0, 0.1) is 0 Å². The minimum atomic E-state index is 0.574. The van der Waals surface area contributed by atoms with E-state index < -0.39 is 0 Å². The molecule has 0 heterocycles. The Morgan fingerprint density at radius 1 is 1.42 bits per heavy atom. The van der Waals surface area contributed by atoms with E-state index in [4.69, 9.17) is 10.5 Å². The van der Waals surface area contributed by atoms with Gasteiger partial charge in [0.15, 0.2) is 0 Å². The Balaban J connectivity index is 2.57. The molecule has 0 saturated heterocycles. The number of ether oxygens (including phenoxy) is 1. The average molecular weight is 163 g/mol. The molecule has 0 spiro atoms. The van der Waals surface area contributed by atoms with E-state index >= 15 is 0 Å². The van der Waals surface area contributed by atoms with Gasteiger partial charge in [-0.1, -0.05) is 24.3 Å². The van der Waals surface area contributed by atoms with Crippen LogP contribution in [0.1, 0.15) is 6.92 Å². The Hall–Kier alpha value is -1.44. The lowest BCUT2D eigenvalue weighted by atomic mass is 10.3. The van der Waals surface area contributed by atoms with Crippen molar-refractivity contribution in [2.45, 2.75) is 6.92 Å². The van der Waals surface area contributed by atoms with Gasteiger partial charge >= 0.3 is 0 Å². The van der Waals surface area contributed by atoms with Crippen LogP contribution < -0.4 is 10.5 Å². The van der Waals surface area contributed by atoms with Gasteiger partial charge in [-0.25, -0.2) is 0 Å². The highest BCUT2D eigenvalue weighted by atomic mass is 16.5. The zero-order valence-electron chi connectivity index (χ0n) is 7.16. The van der Waals surface area contributed by atoms with E-state index in [-0.39, 0.29) is 0 Å². The Labute approximate surface area is 72.7 Å². The number of nitrogen functional groups attached to an aromatic ring is 1. The Bertz CT molecular complexity index is 268. The van der Waals surface area contributed by atoms with Crippen LogP contribution in [-0.2, 0) is 0 Å². The van der Waals surface area contributed by atoms with Crippen LogP contribution in [-0.4, -0.2) is 6.61 Å². The SMILES string of the molecule is C/C=C/COc1ccccc1N. The molecule has 1 aromatic rings. The summed E-state index contributed by atoms with van der Waals surface area (Å²) in [6.45, 7) is 2.53. The zero-order chi connectivity index (χ0) is 8.81. The third-order valence-corrected chi connectivity index (χ3v) is 1.49. The first kappa shape index (κ1) is 8.65. The van der Waals surface area contributed by atoms with Crippen LogP contribution in [0.2, 0.25) is 0 Å². The molecule has 0 aromatic heterocycles. The second-order valence-corrected chi connectivity index (χ2v) is 2.42. The quantitative estimate of drug-likeness (QED) is 0.547. The summed E-state index contributed by atoms with van der Waals surface area (Å²) in [5.41, 5.74) is 6.34. The normalized spacial score (nSPS) is 10.4. The number of anilines is 1. The van der Waals surface area contributed by atoms with Gasteiger partial charge in [0, 0.05) is 0 Å². The zero-order valence-corrected chi connectivity index (χ0v) is 7.16. The van der Waals surface area contributed by atoms with Crippen LogP contribution >= 0.6 is 0 Å². The van der Waals surface area contributed by atoms with E-state index in [9.17, 15) is 0 Å². The van der Waals surface area contributed by atoms with Gasteiger partial charge < -0.3 is 10.5 Å². The molecule has 1 aromatic carbocycles. The lowest BCUT2D eigenvalue weighted by molar-refractivity contribution is 0.364. The second-order valence-electron chi connectivity index (χ2n) is 2.42. The van der Waals surface area contributed by atoms with E-state index in [0.717, 1.165) is 5.75 Å². The number of hydrogen-bond acceptors (Lipinski definition) is 2. The monoisotopic (exact) mass is 163 g/mol. The molecule has 0 unspecified atom stereocenters. The first-order chi connectivity index (χ1) is 5.84. The number of allylic oxidation sites excluding steroid dienone is 1. The summed E-state index contributed by atoms with van der Waals surface area (Å²) >= 11 is 0. The first-order valence-electron chi connectivity index (χ1n) is 3.93. The standard InChI is InChI=1S/C10H13NO/c1-2-3-8-12-10-7-5-4-6-9(10)11/h2-7H,8,11H2,1H3/b3-2+. The van der Waals surface area contributed by atoms with E-state index in [2.05, 4.69) is 0 Å². The van der Waals surface area contributed by atoms with Gasteiger partial charge in [0.2, 0.25) is 0 Å². The molecule has 12 heavy (non-hydrogen) atoms. The van der Waals surface area contributed by atoms with Crippen LogP contribution in [0.3, 0.4) is 0 Å². The fraction of sp³-hybridized carbons (Fsp3) is 0.200. The summed E-state index contributed by atoms with van der Waals surface area (Å²) in [5.74, 6) is 0.746. The molecule has 2 heteroatoms. The predicted octanol–water partition coefficient (Wildman–Crippen LogP) is 2.22. The van der Waals surface area contributed by atoms with E-state index in [1.54, 1.807) is 0 Å². The molecule has 0 saturated carbocycles. The Morgan fingerprint density at radius 3 is 2.83 bits per heavy atom. The van der Waals surface area contributed by atoms with Gasteiger partial charge in [0.25, 0.3) is 0 Å². The molecule has 2 N–H and O–H groups in total. The van der Waals surface area contributed by atoms with Crippen LogP contribution in [0.4, 0.5) is 5.69 Å². The summed E-state index contributed by atoms with van der Waals surface area (Å²) in [7, 11) is 0. The van der Waals surface area contributed by atoms with Crippen molar-refractivity contribution in [3.8, 4) is 5.75 Å². The van der Waals surface area contributed by atoms with Crippen molar-refractivity contribution in [2.75, 3.05) is 12.3 Å². The molecule has 0 fully saturated rings. The molecule has 0 aliphatic carbocycles. The number of benzene rings is 1. The van der Waals surface area contributed by atoms with E-state index in [1.165, 1.54) is 0 Å². The van der Waals surface area contributed by atoms with Gasteiger partial charge in [-0.15, -0.1) is 0 Å². The minimum absolute atomic E-state index is 0.574. The summed E-state index contributed by atoms with van der Waals surface area (Å²) in [6, 6.07) is 7.48. The van der Waals surface area contributed by atoms with Crippen molar-refractivity contribution in [2.24, 2.45) is 0 Å². The fourth-order valence-electron chi connectivity index (χ4n) is 0.846. The average Bonchev–Trinajstić information content (AvgIpc) is 2.09. The molecule has 0 aliphatic heterocycles. The molecular weight excluding hydrogens is 150 g/mol. The molecule has 0 aliphatic rings. The molecule has 1 rings (SSSR count). The van der Waals surface area contributed by atoms with E-state index in [0.29, 0.717) is 12.3 Å². The van der Waals surface area contributed by atoms with Crippen molar-refractivity contribution in [1.29, 1.82) is 0 Å². The topological polar surface area (TPSA) is 35.2 Å². The molecule has 0 bridgehead atoms. The van der Waals surface area contributed by atoms with Gasteiger partial charge in [0.05, 0.1) is 5.69 Å². The van der Waals surface area contributed by atoms with Gasteiger partial charge in [-0.2, -0.15) is 0 Å². The maximum Gasteiger partial charge on any atom is 0.142 e. The summed E-state index contributed by atoms with van der Waals surface area (Å²) in [4.78, 5) is 0. The van der Waals surface area contributed by atoms with Gasteiger partial charge in [-0.05, 0) is 19.1 Å². The number of para-hydroxylation sites is 2. The summed E-state index contributed by atoms with van der Waals surface area (Å²) < 4.78 is 5.37. The fourth-order valence-corrected chi connectivity index (χ4v) is 0.846. The molecule has 64 valence electrons. The third-order valence-electron chi connectivity index (χ3n) is 1.49. The van der Waals surface area contributed by atoms with Crippen LogP contribution in [0.25, 0.3) is 0 Å². The predicted molar refractivity (Wildman–Crippen MR) is 51.2 cm³/mol. The Morgan fingerprint density at radius 2 is 2.17 bits per heavy atom. The largest absolute Gasteiger partial charge is 0.487 e. The van der Waals surface area contributed by atoms with Crippen molar-refractivity contribution in [3.05, 3.63) is 36.4 Å². The maximum atomic E-state index is 5.65. The molecule has 0 radical (unpaired) electrons. The number of nitrogens with two attached hydrogens (primary N) is 1. The lowest BCUT2D eigenvalue weighted by Gasteiger charge is -2.04. The highest BCUT2D eigenvalue weighted by Crippen LogP contribution is 2.19. The summed E-state index contributed by atoms with van der Waals surface area (Å²) in [5, 5.41) is 0. The minimum Gasteiger partial charge on any atom is -0.487 e. The third kappa shape index (κ3) is 2.31. The molecular formula is C10H13NO. The van der Waals surface area contributed by atoms with Crippen molar-refractivity contribution in [3.63, 3.8) is 0 Å². The summed E-state index contributed by atoms with van der Waals surface area (Å²) in [6.07, 6.45) is 3.88. The number of rotatable bonds is 3. The maximum absolute atomic E-state index is 5.65. The van der Waals surface area contributed by atoms with Crippen molar-refractivity contribution < 1.29 is 4.74 Å². The van der Waals surface area contributed by atoms with Crippen molar-refractivity contribution in [1.82, 2.24) is 0 Å². The first-order valence-corrected chi connectivity index (χ1v) is 3.93. The number of hydrogen-bond donors (Lipinski definition) is 1. The lowest BCUT2D eigenvalue weighted by Crippen LogP contribution is -1.96. The van der Waals surface area contributed by atoms with Gasteiger partial charge in [-0.3, -0.25) is 0 Å². The molecule has 0 amide bonds. The van der Waals surface area contributed by atoms with Crippen molar-refractivity contribution >= 4 is 5.69 Å². The molecule has 0 atom stereocenters. The van der Waals surface area contributed by atoms with Gasteiger partial charge in [0.1, 0.15) is 12.4 Å².